The summed E-state index contributed by atoms with van der Waals surface area (Å²) < 4.78 is 0.655. The van der Waals surface area contributed by atoms with Crippen molar-refractivity contribution in [2.75, 3.05) is 14.1 Å². The normalized spacial score (nSPS) is 11.3. The first-order valence-electron chi connectivity index (χ1n) is 6.11. The topological polar surface area (TPSA) is 43.1 Å². The Morgan fingerprint density at radius 2 is 1.58 bits per heavy atom. The maximum absolute atomic E-state index is 10.7. The number of nitro groups is 1. The molecule has 2 aromatic carbocycles. The van der Waals surface area contributed by atoms with Crippen LogP contribution in [-0.4, -0.2) is 19.0 Å². The number of hydrogen-bond donors (Lipinski definition) is 0. The lowest BCUT2D eigenvalue weighted by Gasteiger charge is -2.29. The number of non-ortho nitro benzene ring substituents is 1. The maximum Gasteiger partial charge on any atom is 0.269 e. The van der Waals surface area contributed by atoms with Gasteiger partial charge in [-0.2, -0.15) is 0 Å². The Labute approximate surface area is 112 Å². The van der Waals surface area contributed by atoms with E-state index in [-0.39, 0.29) is 10.6 Å². The van der Waals surface area contributed by atoms with Crippen molar-refractivity contribution in [3.8, 4) is 0 Å². The van der Waals surface area contributed by atoms with Gasteiger partial charge in [0.05, 0.1) is 19.0 Å². The molecule has 98 valence electrons. The molecule has 0 radical (unpaired) electrons. The fourth-order valence-electron chi connectivity index (χ4n) is 2.11. The smallest absolute Gasteiger partial charge is 0.269 e. The molecule has 0 amide bonds. The van der Waals surface area contributed by atoms with Gasteiger partial charge in [0.15, 0.2) is 0 Å². The Morgan fingerprint density at radius 3 is 2.11 bits per heavy atom. The summed E-state index contributed by atoms with van der Waals surface area (Å²) in [6.07, 6.45) is 0. The van der Waals surface area contributed by atoms with Crippen LogP contribution in [0.15, 0.2) is 54.6 Å². The zero-order valence-electron chi connectivity index (χ0n) is 11.1. The zero-order valence-corrected chi connectivity index (χ0v) is 11.1. The first-order chi connectivity index (χ1) is 8.99. The standard InChI is InChI=1S/C15H17N2O2/c1-17(2,12-13-6-4-3-5-7-13)15-10-8-14(9-11-15)16(18)19/h3-11H,12H2,1-2H3/q+1. The van der Waals surface area contributed by atoms with Gasteiger partial charge in [0.1, 0.15) is 12.2 Å². The minimum atomic E-state index is -0.374. The monoisotopic (exact) mass is 257 g/mol. The first kappa shape index (κ1) is 13.2. The molecular weight excluding hydrogens is 240 g/mol. The van der Waals surface area contributed by atoms with Crippen molar-refractivity contribution in [1.82, 2.24) is 4.48 Å². The lowest BCUT2D eigenvalue weighted by molar-refractivity contribution is -0.384. The van der Waals surface area contributed by atoms with Gasteiger partial charge in [-0.1, -0.05) is 30.3 Å². The molecule has 19 heavy (non-hydrogen) atoms. The van der Waals surface area contributed by atoms with E-state index in [9.17, 15) is 10.1 Å². The van der Waals surface area contributed by atoms with Crippen LogP contribution < -0.4 is 4.48 Å². The molecule has 0 aliphatic heterocycles. The predicted octanol–water partition coefficient (Wildman–Crippen LogP) is 3.36. The summed E-state index contributed by atoms with van der Waals surface area (Å²) in [6.45, 7) is 0.846. The molecule has 2 aromatic rings. The minimum absolute atomic E-state index is 0.128. The average Bonchev–Trinajstić information content (AvgIpc) is 2.39. The van der Waals surface area contributed by atoms with Crippen molar-refractivity contribution < 1.29 is 4.92 Å². The number of nitro benzene ring substituents is 1. The number of rotatable bonds is 4. The zero-order chi connectivity index (χ0) is 13.9. The van der Waals surface area contributed by atoms with Crippen LogP contribution in [0, 0.1) is 10.1 Å². The van der Waals surface area contributed by atoms with Gasteiger partial charge in [0.25, 0.3) is 5.69 Å². The molecule has 0 N–H and O–H groups in total. The SMILES string of the molecule is C[N+](C)(Cc1ccccc1)c1ccc([N+](=O)[O-])cc1. The van der Waals surface area contributed by atoms with E-state index >= 15 is 0 Å². The van der Waals surface area contributed by atoms with Gasteiger partial charge < -0.3 is 0 Å². The molecule has 0 atom stereocenters. The fraction of sp³-hybridized carbons (Fsp3) is 0.200. The Morgan fingerprint density at radius 1 is 1.00 bits per heavy atom. The van der Waals surface area contributed by atoms with Crippen molar-refractivity contribution in [3.63, 3.8) is 0 Å². The third kappa shape index (κ3) is 3.17. The third-order valence-corrected chi connectivity index (χ3v) is 3.18. The predicted molar refractivity (Wildman–Crippen MR) is 76.9 cm³/mol. The van der Waals surface area contributed by atoms with Gasteiger partial charge in [0, 0.05) is 29.8 Å². The van der Waals surface area contributed by atoms with Gasteiger partial charge in [-0.3, -0.25) is 14.6 Å². The molecular formula is C15H17N2O2+. The Bertz CT molecular complexity index is 562. The fourth-order valence-corrected chi connectivity index (χ4v) is 2.11. The molecule has 0 aliphatic carbocycles. The Hall–Kier alpha value is -2.20. The molecule has 0 saturated carbocycles. The van der Waals surface area contributed by atoms with Crippen molar-refractivity contribution in [2.45, 2.75) is 6.54 Å². The summed E-state index contributed by atoms with van der Waals surface area (Å²) in [5.41, 5.74) is 2.42. The summed E-state index contributed by atoms with van der Waals surface area (Å²) in [4.78, 5) is 10.3. The molecule has 0 fully saturated rings. The van der Waals surface area contributed by atoms with Crippen LogP contribution in [-0.2, 0) is 6.54 Å². The molecule has 0 bridgehead atoms. The maximum atomic E-state index is 10.7. The molecule has 4 nitrogen and oxygen atoms in total. The van der Waals surface area contributed by atoms with Gasteiger partial charge in [-0.15, -0.1) is 0 Å². The number of nitrogens with zero attached hydrogens (tertiary/aromatic N) is 2. The molecule has 2 rings (SSSR count). The highest BCUT2D eigenvalue weighted by atomic mass is 16.6. The number of quaternary nitrogens is 1. The van der Waals surface area contributed by atoms with E-state index in [1.54, 1.807) is 12.1 Å². The van der Waals surface area contributed by atoms with Crippen LogP contribution in [0.4, 0.5) is 11.4 Å². The number of hydrogen-bond acceptors (Lipinski definition) is 2. The summed E-state index contributed by atoms with van der Waals surface area (Å²) >= 11 is 0. The van der Waals surface area contributed by atoms with Gasteiger partial charge in [-0.05, 0) is 0 Å². The molecule has 0 unspecified atom stereocenters. The lowest BCUT2D eigenvalue weighted by Crippen LogP contribution is -2.39. The molecule has 0 saturated heterocycles. The summed E-state index contributed by atoms with van der Waals surface area (Å²) in [6, 6.07) is 17.0. The van der Waals surface area contributed by atoms with E-state index < -0.39 is 0 Å². The van der Waals surface area contributed by atoms with E-state index in [1.807, 2.05) is 30.3 Å². The van der Waals surface area contributed by atoms with Crippen LogP contribution in [0.3, 0.4) is 0 Å². The van der Waals surface area contributed by atoms with E-state index in [0.717, 1.165) is 12.2 Å². The lowest BCUT2D eigenvalue weighted by atomic mass is 10.1. The van der Waals surface area contributed by atoms with Crippen molar-refractivity contribution in [3.05, 3.63) is 70.3 Å². The Kier molecular flexibility index (Phi) is 3.62. The highest BCUT2D eigenvalue weighted by molar-refractivity contribution is 5.47. The van der Waals surface area contributed by atoms with Gasteiger partial charge in [0.2, 0.25) is 0 Å². The van der Waals surface area contributed by atoms with Gasteiger partial charge >= 0.3 is 0 Å². The first-order valence-corrected chi connectivity index (χ1v) is 6.11. The Balaban J connectivity index is 2.21. The van der Waals surface area contributed by atoms with E-state index in [1.165, 1.54) is 5.56 Å². The van der Waals surface area contributed by atoms with Crippen LogP contribution in [0.25, 0.3) is 0 Å². The summed E-state index contributed by atoms with van der Waals surface area (Å²) in [5.74, 6) is 0. The van der Waals surface area contributed by atoms with Crippen molar-refractivity contribution in [2.24, 2.45) is 0 Å². The second-order valence-corrected chi connectivity index (χ2v) is 5.10. The van der Waals surface area contributed by atoms with E-state index in [0.29, 0.717) is 4.48 Å². The minimum Gasteiger partial charge on any atom is -0.292 e. The molecule has 0 spiro atoms. The summed E-state index contributed by atoms with van der Waals surface area (Å²) in [5, 5.41) is 10.7. The largest absolute Gasteiger partial charge is 0.292 e. The average molecular weight is 257 g/mol. The van der Waals surface area contributed by atoms with Crippen LogP contribution in [0.5, 0.6) is 0 Å². The second-order valence-electron chi connectivity index (χ2n) is 5.10. The molecule has 0 aromatic heterocycles. The van der Waals surface area contributed by atoms with Gasteiger partial charge in [-0.25, -0.2) is 0 Å². The highest BCUT2D eigenvalue weighted by Gasteiger charge is 2.20. The third-order valence-electron chi connectivity index (χ3n) is 3.18. The van der Waals surface area contributed by atoms with Crippen LogP contribution >= 0.6 is 0 Å². The van der Waals surface area contributed by atoms with E-state index in [4.69, 9.17) is 0 Å². The highest BCUT2D eigenvalue weighted by Crippen LogP contribution is 2.24. The van der Waals surface area contributed by atoms with E-state index in [2.05, 4.69) is 26.2 Å². The van der Waals surface area contributed by atoms with Crippen LogP contribution in [0.2, 0.25) is 0 Å². The molecule has 4 heteroatoms. The van der Waals surface area contributed by atoms with Crippen molar-refractivity contribution >= 4 is 11.4 Å². The van der Waals surface area contributed by atoms with Crippen LogP contribution in [0.1, 0.15) is 5.56 Å². The quantitative estimate of drug-likeness (QED) is 0.479. The molecule has 0 aliphatic rings. The summed E-state index contributed by atoms with van der Waals surface area (Å²) in [7, 11) is 4.18. The molecule has 0 heterocycles. The second kappa shape index (κ2) is 5.20. The van der Waals surface area contributed by atoms with Crippen molar-refractivity contribution in [1.29, 1.82) is 0 Å². The number of benzene rings is 2.